The van der Waals surface area contributed by atoms with Crippen molar-refractivity contribution < 1.29 is 8.42 Å². The number of aryl methyl sites for hydroxylation is 2. The fourth-order valence-corrected chi connectivity index (χ4v) is 3.63. The summed E-state index contributed by atoms with van der Waals surface area (Å²) >= 11 is 0. The van der Waals surface area contributed by atoms with Crippen LogP contribution in [0.2, 0.25) is 0 Å². The van der Waals surface area contributed by atoms with Crippen LogP contribution in [0.15, 0.2) is 23.1 Å². The topological polar surface area (TPSA) is 58.2 Å². The fourth-order valence-electron chi connectivity index (χ4n) is 2.19. The Balaban J connectivity index is 0.00000180. The summed E-state index contributed by atoms with van der Waals surface area (Å²) in [7, 11) is -3.38. The second kappa shape index (κ2) is 6.70. The SMILES string of the molecule is Cc1ccc(C)c(S(=O)(=O)NCC2CCNC2)c1.Cl. The molecular formula is C13H21ClN2O2S. The summed E-state index contributed by atoms with van der Waals surface area (Å²) in [5.41, 5.74) is 1.75. The van der Waals surface area contributed by atoms with Crippen molar-refractivity contribution in [2.24, 2.45) is 5.92 Å². The van der Waals surface area contributed by atoms with Gasteiger partial charge in [0.05, 0.1) is 4.90 Å². The predicted octanol–water partition coefficient (Wildman–Crippen LogP) is 1.61. The minimum atomic E-state index is -3.38. The third-order valence-corrected chi connectivity index (χ3v) is 4.92. The molecule has 19 heavy (non-hydrogen) atoms. The lowest BCUT2D eigenvalue weighted by Crippen LogP contribution is -2.30. The molecule has 0 amide bonds. The van der Waals surface area contributed by atoms with Gasteiger partial charge in [-0.1, -0.05) is 12.1 Å². The van der Waals surface area contributed by atoms with E-state index in [1.165, 1.54) is 0 Å². The summed E-state index contributed by atoms with van der Waals surface area (Å²) in [5.74, 6) is 0.407. The Morgan fingerprint density at radius 1 is 1.37 bits per heavy atom. The van der Waals surface area contributed by atoms with Crippen molar-refractivity contribution in [3.63, 3.8) is 0 Å². The second-order valence-electron chi connectivity index (χ2n) is 4.98. The molecule has 1 aliphatic rings. The fraction of sp³-hybridized carbons (Fsp3) is 0.538. The summed E-state index contributed by atoms with van der Waals surface area (Å²) in [4.78, 5) is 0.397. The van der Waals surface area contributed by atoms with E-state index in [2.05, 4.69) is 10.0 Å². The highest BCUT2D eigenvalue weighted by Crippen LogP contribution is 2.17. The summed E-state index contributed by atoms with van der Waals surface area (Å²) in [5, 5.41) is 3.23. The molecule has 1 heterocycles. The maximum absolute atomic E-state index is 12.2. The molecule has 0 aromatic heterocycles. The predicted molar refractivity (Wildman–Crippen MR) is 79.3 cm³/mol. The molecule has 0 aliphatic carbocycles. The van der Waals surface area contributed by atoms with Crippen LogP contribution in [0.5, 0.6) is 0 Å². The van der Waals surface area contributed by atoms with Gasteiger partial charge in [0.15, 0.2) is 0 Å². The Kier molecular flexibility index (Phi) is 5.80. The molecule has 1 aliphatic heterocycles. The summed E-state index contributed by atoms with van der Waals surface area (Å²) in [6.45, 7) is 6.12. The number of sulfonamides is 1. The van der Waals surface area contributed by atoms with Crippen molar-refractivity contribution in [3.05, 3.63) is 29.3 Å². The van der Waals surface area contributed by atoms with Crippen LogP contribution in [0.1, 0.15) is 17.5 Å². The van der Waals surface area contributed by atoms with Gasteiger partial charge in [-0.3, -0.25) is 0 Å². The van der Waals surface area contributed by atoms with Crippen molar-refractivity contribution in [2.45, 2.75) is 25.2 Å². The van der Waals surface area contributed by atoms with Crippen molar-refractivity contribution in [1.29, 1.82) is 0 Å². The van der Waals surface area contributed by atoms with Gasteiger partial charge in [-0.15, -0.1) is 12.4 Å². The molecule has 1 unspecified atom stereocenters. The molecule has 1 saturated heterocycles. The number of hydrogen-bond acceptors (Lipinski definition) is 3. The van der Waals surface area contributed by atoms with E-state index in [9.17, 15) is 8.42 Å². The summed E-state index contributed by atoms with van der Waals surface area (Å²) in [6, 6.07) is 5.50. The van der Waals surface area contributed by atoms with Gasteiger partial charge >= 0.3 is 0 Å². The van der Waals surface area contributed by atoms with Crippen molar-refractivity contribution in [2.75, 3.05) is 19.6 Å². The molecule has 1 atom stereocenters. The molecule has 0 spiro atoms. The van der Waals surface area contributed by atoms with E-state index in [0.29, 0.717) is 17.4 Å². The standard InChI is InChI=1S/C13H20N2O2S.ClH/c1-10-3-4-11(2)13(7-10)18(16,17)15-9-12-5-6-14-8-12;/h3-4,7,12,14-15H,5-6,8-9H2,1-2H3;1H. The number of nitrogens with one attached hydrogen (secondary N) is 2. The molecule has 0 saturated carbocycles. The molecule has 2 N–H and O–H groups in total. The molecule has 0 bridgehead atoms. The molecule has 6 heteroatoms. The van der Waals surface area contributed by atoms with Crippen LogP contribution >= 0.6 is 12.4 Å². The molecule has 108 valence electrons. The molecule has 1 aromatic carbocycles. The Morgan fingerprint density at radius 3 is 2.74 bits per heavy atom. The zero-order chi connectivity index (χ0) is 13.2. The number of halogens is 1. The summed E-state index contributed by atoms with van der Waals surface area (Å²) < 4.78 is 27.2. The first-order valence-electron chi connectivity index (χ1n) is 6.27. The van der Waals surface area contributed by atoms with Crippen LogP contribution in [0.3, 0.4) is 0 Å². The van der Waals surface area contributed by atoms with Gasteiger partial charge in [0.2, 0.25) is 10.0 Å². The van der Waals surface area contributed by atoms with Gasteiger partial charge in [0.25, 0.3) is 0 Å². The van der Waals surface area contributed by atoms with Gasteiger partial charge in [-0.25, -0.2) is 13.1 Å². The average molecular weight is 305 g/mol. The van der Waals surface area contributed by atoms with Crippen LogP contribution in [-0.2, 0) is 10.0 Å². The molecule has 1 fully saturated rings. The van der Waals surface area contributed by atoms with E-state index in [4.69, 9.17) is 0 Å². The monoisotopic (exact) mass is 304 g/mol. The minimum absolute atomic E-state index is 0. The minimum Gasteiger partial charge on any atom is -0.316 e. The largest absolute Gasteiger partial charge is 0.316 e. The van der Waals surface area contributed by atoms with Crippen LogP contribution < -0.4 is 10.0 Å². The summed E-state index contributed by atoms with van der Waals surface area (Å²) in [6.07, 6.45) is 1.04. The maximum atomic E-state index is 12.2. The highest BCUT2D eigenvalue weighted by atomic mass is 35.5. The maximum Gasteiger partial charge on any atom is 0.240 e. The number of hydrogen-bond donors (Lipinski definition) is 2. The van der Waals surface area contributed by atoms with Gasteiger partial charge in [0, 0.05) is 6.54 Å². The van der Waals surface area contributed by atoms with Gasteiger partial charge in [-0.05, 0) is 56.5 Å². The van der Waals surface area contributed by atoms with Gasteiger partial charge < -0.3 is 5.32 Å². The lowest BCUT2D eigenvalue weighted by molar-refractivity contribution is 0.538. The Bertz CT molecular complexity index is 525. The van der Waals surface area contributed by atoms with E-state index in [-0.39, 0.29) is 12.4 Å². The van der Waals surface area contributed by atoms with Gasteiger partial charge in [-0.2, -0.15) is 0 Å². The normalized spacial score (nSPS) is 19.2. The average Bonchev–Trinajstić information content (AvgIpc) is 2.83. The zero-order valence-corrected chi connectivity index (χ0v) is 12.9. The third-order valence-electron chi connectivity index (χ3n) is 3.36. The van der Waals surface area contributed by atoms with Crippen molar-refractivity contribution >= 4 is 22.4 Å². The van der Waals surface area contributed by atoms with Crippen LogP contribution in [0, 0.1) is 19.8 Å². The van der Waals surface area contributed by atoms with Crippen molar-refractivity contribution in [3.8, 4) is 0 Å². The first-order valence-corrected chi connectivity index (χ1v) is 7.75. The molecule has 0 radical (unpaired) electrons. The Labute approximate surface area is 121 Å². The Morgan fingerprint density at radius 2 is 2.11 bits per heavy atom. The van der Waals surface area contributed by atoms with E-state index < -0.39 is 10.0 Å². The molecule has 2 rings (SSSR count). The molecule has 4 nitrogen and oxygen atoms in total. The van der Waals surface area contributed by atoms with Crippen molar-refractivity contribution in [1.82, 2.24) is 10.0 Å². The Hall–Kier alpha value is -0.620. The smallest absolute Gasteiger partial charge is 0.240 e. The van der Waals surface area contributed by atoms with E-state index in [1.54, 1.807) is 6.07 Å². The number of rotatable bonds is 4. The van der Waals surface area contributed by atoms with E-state index >= 15 is 0 Å². The second-order valence-corrected chi connectivity index (χ2v) is 6.72. The van der Waals surface area contributed by atoms with Crippen LogP contribution in [0.25, 0.3) is 0 Å². The highest BCUT2D eigenvalue weighted by Gasteiger charge is 2.20. The van der Waals surface area contributed by atoms with Gasteiger partial charge in [0.1, 0.15) is 0 Å². The van der Waals surface area contributed by atoms with Crippen LogP contribution in [0.4, 0.5) is 0 Å². The van der Waals surface area contributed by atoms with Crippen LogP contribution in [-0.4, -0.2) is 28.1 Å². The number of benzene rings is 1. The first-order chi connectivity index (χ1) is 8.49. The first kappa shape index (κ1) is 16.4. The zero-order valence-electron chi connectivity index (χ0n) is 11.3. The lowest BCUT2D eigenvalue weighted by Gasteiger charge is -2.12. The highest BCUT2D eigenvalue weighted by molar-refractivity contribution is 7.89. The van der Waals surface area contributed by atoms with E-state index in [0.717, 1.165) is 30.6 Å². The molecule has 1 aromatic rings. The van der Waals surface area contributed by atoms with E-state index in [1.807, 2.05) is 26.0 Å². The third kappa shape index (κ3) is 4.18. The lowest BCUT2D eigenvalue weighted by atomic mass is 10.1. The molecular weight excluding hydrogens is 284 g/mol. The quantitative estimate of drug-likeness (QED) is 0.888.